The molecule has 0 aliphatic rings. The molecule has 1 N–H and O–H groups in total. The summed E-state index contributed by atoms with van der Waals surface area (Å²) in [4.78, 5) is 11.5. The van der Waals surface area contributed by atoms with E-state index in [9.17, 15) is 9.90 Å². The van der Waals surface area contributed by atoms with Gasteiger partial charge in [0.05, 0.1) is 19.6 Å². The molecule has 4 nitrogen and oxygen atoms in total. The summed E-state index contributed by atoms with van der Waals surface area (Å²) in [6.45, 7) is 2.43. The summed E-state index contributed by atoms with van der Waals surface area (Å²) in [5.41, 5.74) is 1.89. The van der Waals surface area contributed by atoms with Gasteiger partial charge in [0.15, 0.2) is 0 Å². The third-order valence-corrected chi connectivity index (χ3v) is 3.83. The smallest absolute Gasteiger partial charge is 0.310 e. The summed E-state index contributed by atoms with van der Waals surface area (Å²) in [5.74, 6) is 0.260. The molecule has 122 valence electrons. The highest BCUT2D eigenvalue weighted by Gasteiger charge is 2.20. The van der Waals surface area contributed by atoms with Crippen LogP contribution in [0.2, 0.25) is 0 Å². The number of carboxylic acid groups (broad SMARTS) is 1. The molecule has 1 unspecified atom stereocenters. The van der Waals surface area contributed by atoms with E-state index in [4.69, 9.17) is 9.47 Å². The first-order chi connectivity index (χ1) is 11.1. The fraction of sp³-hybridized carbons (Fsp3) is 0.316. The predicted molar refractivity (Wildman–Crippen MR) is 89.3 cm³/mol. The van der Waals surface area contributed by atoms with Crippen molar-refractivity contribution in [3.8, 4) is 11.5 Å². The molecule has 0 fully saturated rings. The number of hydrogen-bond acceptors (Lipinski definition) is 3. The van der Waals surface area contributed by atoms with E-state index >= 15 is 0 Å². The summed E-state index contributed by atoms with van der Waals surface area (Å²) in [5, 5.41) is 9.47. The lowest BCUT2D eigenvalue weighted by atomic mass is 9.91. The molecule has 0 saturated carbocycles. The van der Waals surface area contributed by atoms with Gasteiger partial charge in [-0.25, -0.2) is 0 Å². The first-order valence-electron chi connectivity index (χ1n) is 7.67. The maximum absolute atomic E-state index is 11.5. The van der Waals surface area contributed by atoms with Crippen LogP contribution in [0.25, 0.3) is 0 Å². The van der Waals surface area contributed by atoms with Gasteiger partial charge in [-0.2, -0.15) is 0 Å². The molecule has 0 aliphatic heterocycles. The average Bonchev–Trinajstić information content (AvgIpc) is 2.56. The fourth-order valence-corrected chi connectivity index (χ4v) is 2.54. The van der Waals surface area contributed by atoms with E-state index in [1.54, 1.807) is 7.11 Å². The standard InChI is InChI=1S/C19H22O4/c1-14-6-3-4-7-17(14)18(19(20)21)8-5-13-23-16-11-9-15(22-2)10-12-16/h3-4,6-7,9-12,18H,5,8,13H2,1-2H3,(H,20,21). The van der Waals surface area contributed by atoms with Gasteiger partial charge in [0.2, 0.25) is 0 Å². The van der Waals surface area contributed by atoms with E-state index in [0.717, 1.165) is 22.6 Å². The zero-order valence-corrected chi connectivity index (χ0v) is 13.5. The Hall–Kier alpha value is -2.49. The quantitative estimate of drug-likeness (QED) is 0.747. The van der Waals surface area contributed by atoms with Crippen molar-refractivity contribution in [3.63, 3.8) is 0 Å². The zero-order chi connectivity index (χ0) is 16.7. The Morgan fingerprint density at radius 2 is 1.74 bits per heavy atom. The Bertz CT molecular complexity index is 634. The number of carbonyl (C=O) groups is 1. The van der Waals surface area contributed by atoms with Crippen molar-refractivity contribution >= 4 is 5.97 Å². The Morgan fingerprint density at radius 1 is 1.09 bits per heavy atom. The van der Waals surface area contributed by atoms with Crippen LogP contribution in [0.5, 0.6) is 11.5 Å². The Balaban J connectivity index is 1.87. The number of rotatable bonds is 8. The molecule has 2 aromatic rings. The van der Waals surface area contributed by atoms with Crippen LogP contribution in [0.4, 0.5) is 0 Å². The highest BCUT2D eigenvalue weighted by atomic mass is 16.5. The van der Waals surface area contributed by atoms with Gasteiger partial charge in [-0.3, -0.25) is 4.79 Å². The van der Waals surface area contributed by atoms with Crippen molar-refractivity contribution in [2.24, 2.45) is 0 Å². The maximum atomic E-state index is 11.5. The molecule has 0 radical (unpaired) electrons. The van der Waals surface area contributed by atoms with E-state index in [2.05, 4.69) is 0 Å². The van der Waals surface area contributed by atoms with Crippen molar-refractivity contribution < 1.29 is 19.4 Å². The van der Waals surface area contributed by atoms with Crippen molar-refractivity contribution in [3.05, 3.63) is 59.7 Å². The number of hydrogen-bond donors (Lipinski definition) is 1. The van der Waals surface area contributed by atoms with Crippen molar-refractivity contribution in [1.29, 1.82) is 0 Å². The summed E-state index contributed by atoms with van der Waals surface area (Å²) in [6.07, 6.45) is 1.23. The number of aliphatic carboxylic acids is 1. The van der Waals surface area contributed by atoms with E-state index in [-0.39, 0.29) is 0 Å². The van der Waals surface area contributed by atoms with Gasteiger partial charge >= 0.3 is 5.97 Å². The zero-order valence-electron chi connectivity index (χ0n) is 13.5. The number of aryl methyl sites for hydroxylation is 1. The third kappa shape index (κ3) is 4.74. The molecule has 23 heavy (non-hydrogen) atoms. The minimum absolute atomic E-state index is 0.488. The summed E-state index contributed by atoms with van der Waals surface area (Å²) < 4.78 is 10.7. The Labute approximate surface area is 136 Å². The number of methoxy groups -OCH3 is 1. The van der Waals surface area contributed by atoms with Crippen LogP contribution >= 0.6 is 0 Å². The number of ether oxygens (including phenoxy) is 2. The van der Waals surface area contributed by atoms with E-state index in [0.29, 0.717) is 19.4 Å². The molecule has 0 spiro atoms. The molecule has 1 atom stereocenters. The molecule has 0 bridgehead atoms. The SMILES string of the molecule is COc1ccc(OCCCC(C(=O)O)c2ccccc2C)cc1. The molecule has 2 aromatic carbocycles. The second-order valence-electron chi connectivity index (χ2n) is 5.41. The van der Waals surface area contributed by atoms with E-state index < -0.39 is 11.9 Å². The molecule has 0 aromatic heterocycles. The molecule has 2 rings (SSSR count). The minimum atomic E-state index is -0.788. The van der Waals surface area contributed by atoms with Crippen molar-refractivity contribution in [2.75, 3.05) is 13.7 Å². The fourth-order valence-electron chi connectivity index (χ4n) is 2.54. The van der Waals surface area contributed by atoms with Gasteiger partial charge in [0.25, 0.3) is 0 Å². The van der Waals surface area contributed by atoms with Gasteiger partial charge in [0, 0.05) is 0 Å². The molecular weight excluding hydrogens is 292 g/mol. The van der Waals surface area contributed by atoms with Crippen LogP contribution in [-0.4, -0.2) is 24.8 Å². The summed E-state index contributed by atoms with van der Waals surface area (Å²) in [7, 11) is 1.62. The van der Waals surface area contributed by atoms with Crippen molar-refractivity contribution in [2.45, 2.75) is 25.7 Å². The van der Waals surface area contributed by atoms with Crippen LogP contribution in [0.1, 0.15) is 29.9 Å². The highest BCUT2D eigenvalue weighted by molar-refractivity contribution is 5.76. The minimum Gasteiger partial charge on any atom is -0.497 e. The van der Waals surface area contributed by atoms with Crippen LogP contribution in [0.15, 0.2) is 48.5 Å². The van der Waals surface area contributed by atoms with Crippen LogP contribution in [-0.2, 0) is 4.79 Å². The molecule has 0 heterocycles. The monoisotopic (exact) mass is 314 g/mol. The maximum Gasteiger partial charge on any atom is 0.310 e. The van der Waals surface area contributed by atoms with Gasteiger partial charge in [-0.15, -0.1) is 0 Å². The second kappa shape index (κ2) is 8.22. The highest BCUT2D eigenvalue weighted by Crippen LogP contribution is 2.25. The lowest BCUT2D eigenvalue weighted by Gasteiger charge is -2.15. The van der Waals surface area contributed by atoms with Crippen LogP contribution in [0, 0.1) is 6.92 Å². The molecule has 0 saturated heterocycles. The Kier molecular flexibility index (Phi) is 6.03. The average molecular weight is 314 g/mol. The first kappa shape index (κ1) is 16.9. The lowest BCUT2D eigenvalue weighted by Crippen LogP contribution is -2.14. The molecule has 0 aliphatic carbocycles. The largest absolute Gasteiger partial charge is 0.497 e. The molecule has 0 amide bonds. The van der Waals surface area contributed by atoms with Gasteiger partial charge in [0.1, 0.15) is 11.5 Å². The summed E-state index contributed by atoms with van der Waals surface area (Å²) >= 11 is 0. The summed E-state index contributed by atoms with van der Waals surface area (Å²) in [6, 6.07) is 15.0. The third-order valence-electron chi connectivity index (χ3n) is 3.83. The Morgan fingerprint density at radius 3 is 2.35 bits per heavy atom. The topological polar surface area (TPSA) is 55.8 Å². The number of benzene rings is 2. The predicted octanol–water partition coefficient (Wildman–Crippen LogP) is 4.03. The van der Waals surface area contributed by atoms with Crippen molar-refractivity contribution in [1.82, 2.24) is 0 Å². The first-order valence-corrected chi connectivity index (χ1v) is 7.67. The second-order valence-corrected chi connectivity index (χ2v) is 5.41. The van der Waals surface area contributed by atoms with Gasteiger partial charge < -0.3 is 14.6 Å². The normalized spacial score (nSPS) is 11.7. The molecular formula is C19H22O4. The van der Waals surface area contributed by atoms with Gasteiger partial charge in [-0.1, -0.05) is 24.3 Å². The van der Waals surface area contributed by atoms with Crippen LogP contribution in [0.3, 0.4) is 0 Å². The molecule has 4 heteroatoms. The number of carboxylic acids is 1. The van der Waals surface area contributed by atoms with E-state index in [1.807, 2.05) is 55.5 Å². The van der Waals surface area contributed by atoms with Gasteiger partial charge in [-0.05, 0) is 55.2 Å². The van der Waals surface area contributed by atoms with E-state index in [1.165, 1.54) is 0 Å². The van der Waals surface area contributed by atoms with Crippen LogP contribution < -0.4 is 9.47 Å². The lowest BCUT2D eigenvalue weighted by molar-refractivity contribution is -0.139.